The minimum Gasteiger partial charge on any atom is -0.336 e. The Bertz CT molecular complexity index is 417. The minimum atomic E-state index is -4.38. The molecule has 19 heavy (non-hydrogen) atoms. The summed E-state index contributed by atoms with van der Waals surface area (Å²) in [5, 5.41) is 4.96. The van der Waals surface area contributed by atoms with Gasteiger partial charge in [0.25, 0.3) is 0 Å². The minimum absolute atomic E-state index is 0.140. The van der Waals surface area contributed by atoms with Gasteiger partial charge in [-0.25, -0.2) is 4.79 Å². The van der Waals surface area contributed by atoms with Crippen LogP contribution in [0.5, 0.6) is 0 Å². The number of carbonyl (C=O) groups is 1. The summed E-state index contributed by atoms with van der Waals surface area (Å²) in [6.07, 6.45) is -3.66. The fourth-order valence-electron chi connectivity index (χ4n) is 1.29. The molecule has 106 valence electrons. The fraction of sp³-hybridized carbons (Fsp3) is 0.417. The molecular formula is C12H16F3N3O. The first-order valence-corrected chi connectivity index (χ1v) is 5.80. The molecule has 0 bridgehead atoms. The van der Waals surface area contributed by atoms with Gasteiger partial charge in [0, 0.05) is 18.3 Å². The van der Waals surface area contributed by atoms with Crippen LogP contribution in [-0.2, 0) is 6.18 Å². The molecule has 0 aliphatic carbocycles. The van der Waals surface area contributed by atoms with Crippen molar-refractivity contribution < 1.29 is 18.0 Å². The van der Waals surface area contributed by atoms with E-state index in [1.807, 2.05) is 6.92 Å². The van der Waals surface area contributed by atoms with Gasteiger partial charge in [-0.15, -0.1) is 0 Å². The molecule has 0 fully saturated rings. The van der Waals surface area contributed by atoms with Crippen molar-refractivity contribution in [1.29, 1.82) is 0 Å². The van der Waals surface area contributed by atoms with Gasteiger partial charge >= 0.3 is 12.2 Å². The summed E-state index contributed by atoms with van der Waals surface area (Å²) in [6.45, 7) is 2.20. The number of amides is 2. The Morgan fingerprint density at radius 2 is 1.89 bits per heavy atom. The van der Waals surface area contributed by atoms with E-state index in [-0.39, 0.29) is 11.7 Å². The third kappa shape index (κ3) is 5.17. The van der Waals surface area contributed by atoms with Crippen molar-refractivity contribution in [2.75, 3.05) is 11.9 Å². The van der Waals surface area contributed by atoms with E-state index in [2.05, 4.69) is 10.6 Å². The molecule has 7 heteroatoms. The van der Waals surface area contributed by atoms with Gasteiger partial charge < -0.3 is 16.4 Å². The first-order valence-electron chi connectivity index (χ1n) is 5.80. The lowest BCUT2D eigenvalue weighted by atomic mass is 10.2. The molecule has 1 aromatic rings. The van der Waals surface area contributed by atoms with Crippen molar-refractivity contribution >= 4 is 11.7 Å². The van der Waals surface area contributed by atoms with Gasteiger partial charge in [0.1, 0.15) is 0 Å². The standard InChI is InChI=1S/C12H16F3N3O/c1-2-9(16)7-17-11(19)18-10-5-3-8(4-6-10)12(13,14)15/h3-6,9H,2,7,16H2,1H3,(H2,17,18,19). The van der Waals surface area contributed by atoms with E-state index in [0.717, 1.165) is 18.6 Å². The van der Waals surface area contributed by atoms with Gasteiger partial charge in [-0.05, 0) is 30.7 Å². The average Bonchev–Trinajstić information content (AvgIpc) is 2.35. The van der Waals surface area contributed by atoms with Crippen LogP contribution >= 0.6 is 0 Å². The van der Waals surface area contributed by atoms with Crippen LogP contribution in [0.25, 0.3) is 0 Å². The van der Waals surface area contributed by atoms with E-state index < -0.39 is 17.8 Å². The molecule has 0 saturated heterocycles. The number of benzene rings is 1. The first kappa shape index (κ1) is 15.3. The third-order valence-electron chi connectivity index (χ3n) is 2.52. The number of hydrogen-bond donors (Lipinski definition) is 3. The van der Waals surface area contributed by atoms with Crippen LogP contribution in [-0.4, -0.2) is 18.6 Å². The van der Waals surface area contributed by atoms with Crippen LogP contribution in [0.4, 0.5) is 23.7 Å². The zero-order valence-corrected chi connectivity index (χ0v) is 10.4. The molecule has 0 radical (unpaired) electrons. The average molecular weight is 275 g/mol. The maximum atomic E-state index is 12.3. The molecule has 0 aromatic heterocycles. The summed E-state index contributed by atoms with van der Waals surface area (Å²) in [6, 6.07) is 3.58. The monoisotopic (exact) mass is 275 g/mol. The number of halogens is 3. The van der Waals surface area contributed by atoms with Crippen molar-refractivity contribution in [2.24, 2.45) is 5.73 Å². The van der Waals surface area contributed by atoms with E-state index in [1.165, 1.54) is 12.1 Å². The van der Waals surface area contributed by atoms with Crippen LogP contribution in [0.3, 0.4) is 0 Å². The highest BCUT2D eigenvalue weighted by atomic mass is 19.4. The van der Waals surface area contributed by atoms with Gasteiger partial charge in [-0.2, -0.15) is 13.2 Å². The smallest absolute Gasteiger partial charge is 0.336 e. The summed E-state index contributed by atoms with van der Waals surface area (Å²) in [4.78, 5) is 11.4. The third-order valence-corrected chi connectivity index (χ3v) is 2.52. The second-order valence-corrected chi connectivity index (χ2v) is 4.08. The SMILES string of the molecule is CCC(N)CNC(=O)Nc1ccc(C(F)(F)F)cc1. The van der Waals surface area contributed by atoms with Crippen molar-refractivity contribution in [3.8, 4) is 0 Å². The number of urea groups is 1. The molecule has 1 atom stereocenters. The van der Waals surface area contributed by atoms with Crippen molar-refractivity contribution in [2.45, 2.75) is 25.6 Å². The number of hydrogen-bond acceptors (Lipinski definition) is 2. The number of alkyl halides is 3. The maximum absolute atomic E-state index is 12.3. The van der Waals surface area contributed by atoms with Crippen LogP contribution in [0.15, 0.2) is 24.3 Å². The van der Waals surface area contributed by atoms with E-state index in [1.54, 1.807) is 0 Å². The topological polar surface area (TPSA) is 67.1 Å². The van der Waals surface area contributed by atoms with E-state index in [9.17, 15) is 18.0 Å². The van der Waals surface area contributed by atoms with Crippen LogP contribution in [0, 0.1) is 0 Å². The molecular weight excluding hydrogens is 259 g/mol. The molecule has 4 nitrogen and oxygen atoms in total. The number of carbonyl (C=O) groups excluding carboxylic acids is 1. The summed E-state index contributed by atoms with van der Waals surface area (Å²) in [5.41, 5.74) is 5.14. The lowest BCUT2D eigenvalue weighted by molar-refractivity contribution is -0.137. The van der Waals surface area contributed by atoms with Crippen molar-refractivity contribution in [3.63, 3.8) is 0 Å². The lowest BCUT2D eigenvalue weighted by Crippen LogP contribution is -2.38. The number of anilines is 1. The molecule has 1 rings (SSSR count). The van der Waals surface area contributed by atoms with E-state index >= 15 is 0 Å². The van der Waals surface area contributed by atoms with Crippen molar-refractivity contribution in [3.05, 3.63) is 29.8 Å². The zero-order chi connectivity index (χ0) is 14.5. The molecule has 0 spiro atoms. The van der Waals surface area contributed by atoms with Gasteiger partial charge in [0.15, 0.2) is 0 Å². The highest BCUT2D eigenvalue weighted by Gasteiger charge is 2.29. The lowest BCUT2D eigenvalue weighted by Gasteiger charge is -2.12. The summed E-state index contributed by atoms with van der Waals surface area (Å²) in [7, 11) is 0. The number of nitrogens with one attached hydrogen (secondary N) is 2. The summed E-state index contributed by atoms with van der Waals surface area (Å²) < 4.78 is 37.0. The molecule has 2 amide bonds. The van der Waals surface area contributed by atoms with Gasteiger partial charge in [-0.1, -0.05) is 6.92 Å². The Hall–Kier alpha value is -1.76. The Morgan fingerprint density at radius 3 is 2.37 bits per heavy atom. The van der Waals surface area contributed by atoms with Crippen LogP contribution in [0.1, 0.15) is 18.9 Å². The maximum Gasteiger partial charge on any atom is 0.416 e. The second kappa shape index (κ2) is 6.42. The molecule has 0 aliphatic heterocycles. The molecule has 4 N–H and O–H groups in total. The molecule has 0 saturated carbocycles. The van der Waals surface area contributed by atoms with Crippen molar-refractivity contribution in [1.82, 2.24) is 5.32 Å². The van der Waals surface area contributed by atoms with Gasteiger partial charge in [-0.3, -0.25) is 0 Å². The Morgan fingerprint density at radius 1 is 1.32 bits per heavy atom. The van der Waals surface area contributed by atoms with Gasteiger partial charge in [0.2, 0.25) is 0 Å². The van der Waals surface area contributed by atoms with Crippen LogP contribution in [0.2, 0.25) is 0 Å². The predicted molar refractivity (Wildman–Crippen MR) is 66.7 cm³/mol. The second-order valence-electron chi connectivity index (χ2n) is 4.08. The van der Waals surface area contributed by atoms with Gasteiger partial charge in [0.05, 0.1) is 5.56 Å². The van der Waals surface area contributed by atoms with E-state index in [4.69, 9.17) is 5.73 Å². The highest BCUT2D eigenvalue weighted by Crippen LogP contribution is 2.29. The molecule has 0 aliphatic rings. The highest BCUT2D eigenvalue weighted by molar-refractivity contribution is 5.89. The molecule has 1 unspecified atom stereocenters. The summed E-state index contributed by atoms with van der Waals surface area (Å²) >= 11 is 0. The predicted octanol–water partition coefficient (Wildman–Crippen LogP) is 2.56. The molecule has 0 heterocycles. The first-order chi connectivity index (χ1) is 8.82. The Labute approximate surface area is 109 Å². The quantitative estimate of drug-likeness (QED) is 0.790. The Kier molecular flexibility index (Phi) is 5.17. The van der Waals surface area contributed by atoms with E-state index in [0.29, 0.717) is 6.54 Å². The normalized spacial score (nSPS) is 12.9. The largest absolute Gasteiger partial charge is 0.416 e. The zero-order valence-electron chi connectivity index (χ0n) is 10.4. The van der Waals surface area contributed by atoms with Crippen LogP contribution < -0.4 is 16.4 Å². The molecule has 1 aromatic carbocycles. The summed E-state index contributed by atoms with van der Waals surface area (Å²) in [5.74, 6) is 0. The Balaban J connectivity index is 2.51. The fourth-order valence-corrected chi connectivity index (χ4v) is 1.29. The number of nitrogens with two attached hydrogens (primary N) is 1. The number of rotatable bonds is 4.